The molecule has 1 atom stereocenters. The number of hydrogen-bond acceptors (Lipinski definition) is 4. The van der Waals surface area contributed by atoms with E-state index in [1.54, 1.807) is 6.07 Å². The molecule has 0 aromatic heterocycles. The highest BCUT2D eigenvalue weighted by molar-refractivity contribution is 6.01. The Morgan fingerprint density at radius 2 is 1.96 bits per heavy atom. The molecule has 0 saturated carbocycles. The van der Waals surface area contributed by atoms with E-state index in [2.05, 4.69) is 5.32 Å². The molecule has 2 N–H and O–H groups in total. The van der Waals surface area contributed by atoms with Crippen LogP contribution in [0, 0.1) is 0 Å². The van der Waals surface area contributed by atoms with Crippen molar-refractivity contribution in [3.05, 3.63) is 29.8 Å². The number of para-hydroxylation sites is 1. The molecular weight excluding hydrogens is 336 g/mol. The lowest BCUT2D eigenvalue weighted by Gasteiger charge is -2.29. The Kier molecular flexibility index (Phi) is 6.37. The smallest absolute Gasteiger partial charge is 0.326 e. The number of aliphatic carboxylic acids is 1. The maximum Gasteiger partial charge on any atom is 0.326 e. The summed E-state index contributed by atoms with van der Waals surface area (Å²) in [6, 6.07) is 6.37. The quantitative estimate of drug-likeness (QED) is 0.770. The minimum atomic E-state index is -1.12. The van der Waals surface area contributed by atoms with Crippen LogP contribution in [-0.4, -0.2) is 47.7 Å². The maximum atomic E-state index is 12.3. The molecule has 142 valence electrons. The van der Waals surface area contributed by atoms with Crippen LogP contribution in [0.2, 0.25) is 0 Å². The number of hydrogen-bond donors (Lipinski definition) is 2. The van der Waals surface area contributed by atoms with E-state index in [0.29, 0.717) is 18.5 Å². The van der Waals surface area contributed by atoms with Gasteiger partial charge in [-0.15, -0.1) is 0 Å². The van der Waals surface area contributed by atoms with Crippen molar-refractivity contribution < 1.29 is 24.2 Å². The highest BCUT2D eigenvalue weighted by atomic mass is 16.5. The van der Waals surface area contributed by atoms with Gasteiger partial charge in [-0.1, -0.05) is 18.2 Å². The van der Waals surface area contributed by atoms with Gasteiger partial charge in [-0.2, -0.15) is 0 Å². The SMILES string of the molecule is CC(C)(C)OCCC(NC(=O)CN1C(=O)CCc2ccccc21)C(=O)O. The summed E-state index contributed by atoms with van der Waals surface area (Å²) in [5, 5.41) is 11.8. The van der Waals surface area contributed by atoms with Crippen molar-refractivity contribution in [2.75, 3.05) is 18.1 Å². The van der Waals surface area contributed by atoms with Gasteiger partial charge in [-0.3, -0.25) is 9.59 Å². The van der Waals surface area contributed by atoms with Gasteiger partial charge in [0.25, 0.3) is 0 Å². The van der Waals surface area contributed by atoms with Crippen molar-refractivity contribution in [3.63, 3.8) is 0 Å². The third-order valence-corrected chi connectivity index (χ3v) is 4.07. The molecule has 2 amide bonds. The standard InChI is InChI=1S/C19H26N2O5/c1-19(2,3)26-11-10-14(18(24)25)20-16(22)12-21-15-7-5-4-6-13(15)8-9-17(21)23/h4-7,14H,8-12H2,1-3H3,(H,20,22)(H,24,25). The van der Waals surface area contributed by atoms with E-state index in [9.17, 15) is 19.5 Å². The van der Waals surface area contributed by atoms with Gasteiger partial charge in [0.1, 0.15) is 12.6 Å². The first-order valence-electron chi connectivity index (χ1n) is 8.72. The Balaban J connectivity index is 1.97. The normalized spacial score (nSPS) is 15.3. The van der Waals surface area contributed by atoms with Crippen molar-refractivity contribution in [1.29, 1.82) is 0 Å². The molecule has 1 aromatic rings. The largest absolute Gasteiger partial charge is 0.480 e. The number of carboxylic acids is 1. The predicted molar refractivity (Wildman–Crippen MR) is 97.0 cm³/mol. The summed E-state index contributed by atoms with van der Waals surface area (Å²) in [7, 11) is 0. The Labute approximate surface area is 153 Å². The Morgan fingerprint density at radius 3 is 2.62 bits per heavy atom. The number of benzene rings is 1. The van der Waals surface area contributed by atoms with E-state index in [4.69, 9.17) is 4.74 Å². The van der Waals surface area contributed by atoms with Crippen LogP contribution in [0.1, 0.15) is 39.2 Å². The molecule has 0 saturated heterocycles. The highest BCUT2D eigenvalue weighted by Gasteiger charge is 2.27. The van der Waals surface area contributed by atoms with Gasteiger partial charge < -0.3 is 20.1 Å². The van der Waals surface area contributed by atoms with Gasteiger partial charge in [0.05, 0.1) is 5.60 Å². The zero-order valence-corrected chi connectivity index (χ0v) is 15.4. The minimum absolute atomic E-state index is 0.137. The van der Waals surface area contributed by atoms with Crippen LogP contribution < -0.4 is 10.2 Å². The zero-order valence-electron chi connectivity index (χ0n) is 15.4. The van der Waals surface area contributed by atoms with Crippen LogP contribution in [0.4, 0.5) is 5.69 Å². The minimum Gasteiger partial charge on any atom is -0.480 e. The molecular formula is C19H26N2O5. The maximum absolute atomic E-state index is 12.3. The molecule has 2 rings (SSSR count). The number of carbonyl (C=O) groups excluding carboxylic acids is 2. The third-order valence-electron chi connectivity index (χ3n) is 4.07. The number of ether oxygens (including phenoxy) is 1. The van der Waals surface area contributed by atoms with Gasteiger partial charge in [-0.05, 0) is 38.8 Å². The number of rotatable bonds is 7. The fraction of sp³-hybridized carbons (Fsp3) is 0.526. The highest BCUT2D eigenvalue weighted by Crippen LogP contribution is 2.27. The predicted octanol–water partition coefficient (Wildman–Crippen LogP) is 1.74. The Bertz CT molecular complexity index is 681. The van der Waals surface area contributed by atoms with E-state index in [-0.39, 0.29) is 31.1 Å². The molecule has 1 aliphatic heterocycles. The lowest BCUT2D eigenvalue weighted by atomic mass is 10.0. The van der Waals surface area contributed by atoms with Crippen molar-refractivity contribution in [3.8, 4) is 0 Å². The molecule has 0 radical (unpaired) electrons. The molecule has 26 heavy (non-hydrogen) atoms. The van der Waals surface area contributed by atoms with Crippen LogP contribution in [0.25, 0.3) is 0 Å². The van der Waals surface area contributed by atoms with Gasteiger partial charge in [0.15, 0.2) is 0 Å². The second kappa shape index (κ2) is 8.31. The van der Waals surface area contributed by atoms with E-state index in [1.165, 1.54) is 4.90 Å². The fourth-order valence-corrected chi connectivity index (χ4v) is 2.79. The van der Waals surface area contributed by atoms with Gasteiger partial charge in [-0.25, -0.2) is 4.79 Å². The van der Waals surface area contributed by atoms with Crippen LogP contribution in [0.5, 0.6) is 0 Å². The molecule has 0 bridgehead atoms. The summed E-state index contributed by atoms with van der Waals surface area (Å²) in [5.74, 6) is -1.76. The average Bonchev–Trinajstić information content (AvgIpc) is 2.55. The average molecular weight is 362 g/mol. The number of nitrogens with zero attached hydrogens (tertiary/aromatic N) is 1. The van der Waals surface area contributed by atoms with Gasteiger partial charge in [0.2, 0.25) is 11.8 Å². The summed E-state index contributed by atoms with van der Waals surface area (Å²) in [4.78, 5) is 37.3. The van der Waals surface area contributed by atoms with Crippen molar-refractivity contribution in [2.24, 2.45) is 0 Å². The van der Waals surface area contributed by atoms with E-state index in [1.807, 2.05) is 39.0 Å². The van der Waals surface area contributed by atoms with E-state index in [0.717, 1.165) is 5.56 Å². The number of amides is 2. The molecule has 1 heterocycles. The summed E-state index contributed by atoms with van der Waals surface area (Å²) in [6.45, 7) is 5.65. The van der Waals surface area contributed by atoms with Crippen molar-refractivity contribution in [1.82, 2.24) is 5.32 Å². The molecule has 0 aliphatic carbocycles. The second-order valence-electron chi connectivity index (χ2n) is 7.32. The fourth-order valence-electron chi connectivity index (χ4n) is 2.79. The van der Waals surface area contributed by atoms with E-state index >= 15 is 0 Å². The number of carboxylic acid groups (broad SMARTS) is 1. The van der Waals surface area contributed by atoms with Gasteiger partial charge in [0, 0.05) is 25.1 Å². The topological polar surface area (TPSA) is 95.9 Å². The lowest BCUT2D eigenvalue weighted by molar-refractivity contribution is -0.142. The summed E-state index contributed by atoms with van der Waals surface area (Å²) < 4.78 is 5.53. The summed E-state index contributed by atoms with van der Waals surface area (Å²) in [5.41, 5.74) is 1.34. The third kappa shape index (κ3) is 5.56. The molecule has 0 fully saturated rings. The van der Waals surface area contributed by atoms with Crippen molar-refractivity contribution >= 4 is 23.5 Å². The van der Waals surface area contributed by atoms with Crippen LogP contribution >= 0.6 is 0 Å². The first-order valence-corrected chi connectivity index (χ1v) is 8.72. The monoisotopic (exact) mass is 362 g/mol. The second-order valence-corrected chi connectivity index (χ2v) is 7.32. The molecule has 1 aromatic carbocycles. The lowest BCUT2D eigenvalue weighted by Crippen LogP contribution is -2.48. The number of nitrogens with one attached hydrogen (secondary N) is 1. The molecule has 0 spiro atoms. The number of aryl methyl sites for hydroxylation is 1. The summed E-state index contributed by atoms with van der Waals surface area (Å²) in [6.07, 6.45) is 1.14. The van der Waals surface area contributed by atoms with Crippen LogP contribution in [-0.2, 0) is 25.5 Å². The number of carbonyl (C=O) groups is 3. The molecule has 7 heteroatoms. The van der Waals surface area contributed by atoms with Gasteiger partial charge >= 0.3 is 5.97 Å². The number of anilines is 1. The van der Waals surface area contributed by atoms with Crippen molar-refractivity contribution in [2.45, 2.75) is 51.7 Å². The number of fused-ring (bicyclic) bond motifs is 1. The molecule has 1 unspecified atom stereocenters. The Morgan fingerprint density at radius 1 is 1.27 bits per heavy atom. The Hall–Kier alpha value is -2.41. The molecule has 7 nitrogen and oxygen atoms in total. The first-order chi connectivity index (χ1) is 12.2. The van der Waals surface area contributed by atoms with Crippen LogP contribution in [0.15, 0.2) is 24.3 Å². The zero-order chi connectivity index (χ0) is 19.3. The molecule has 1 aliphatic rings. The van der Waals surface area contributed by atoms with E-state index < -0.39 is 17.9 Å². The first kappa shape index (κ1) is 19.9. The van der Waals surface area contributed by atoms with Crippen LogP contribution in [0.3, 0.4) is 0 Å². The summed E-state index contributed by atoms with van der Waals surface area (Å²) >= 11 is 0.